The fourth-order valence-corrected chi connectivity index (χ4v) is 3.93. The summed E-state index contributed by atoms with van der Waals surface area (Å²) in [6, 6.07) is 9.46. The Balaban J connectivity index is 1.59. The average Bonchev–Trinajstić information content (AvgIpc) is 2.94. The lowest BCUT2D eigenvalue weighted by molar-refractivity contribution is -0.126. The number of hydrogen-bond donors (Lipinski definition) is 3. The minimum absolute atomic E-state index is 0.0346. The predicted molar refractivity (Wildman–Crippen MR) is 102 cm³/mol. The molecule has 2 fully saturated rings. The van der Waals surface area contributed by atoms with E-state index < -0.39 is 0 Å². The fourth-order valence-electron chi connectivity index (χ4n) is 3.93. The Bertz CT molecular complexity index is 692. The summed E-state index contributed by atoms with van der Waals surface area (Å²) < 4.78 is 0. The van der Waals surface area contributed by atoms with Crippen LogP contribution in [0.4, 0.5) is 4.79 Å². The number of urea groups is 1. The van der Waals surface area contributed by atoms with Crippen molar-refractivity contribution in [2.24, 2.45) is 11.8 Å². The lowest BCUT2D eigenvalue weighted by atomic mass is 10.0. The first kappa shape index (κ1) is 19.2. The molecule has 0 unspecified atom stereocenters. The molecule has 1 aromatic rings. The molecule has 4 amide bonds. The molecule has 1 saturated heterocycles. The van der Waals surface area contributed by atoms with Gasteiger partial charge in [-0.2, -0.15) is 0 Å². The highest BCUT2D eigenvalue weighted by molar-refractivity contribution is 5.85. The largest absolute Gasteiger partial charge is 0.354 e. The van der Waals surface area contributed by atoms with Crippen LogP contribution in [0.15, 0.2) is 30.3 Å². The highest BCUT2D eigenvalue weighted by Gasteiger charge is 2.42. The first-order chi connectivity index (χ1) is 12.9. The van der Waals surface area contributed by atoms with Gasteiger partial charge < -0.3 is 20.9 Å². The molecule has 3 atom stereocenters. The van der Waals surface area contributed by atoms with E-state index >= 15 is 0 Å². The van der Waals surface area contributed by atoms with E-state index in [1.165, 1.54) is 0 Å². The van der Waals surface area contributed by atoms with Crippen molar-refractivity contribution in [1.29, 1.82) is 0 Å². The zero-order chi connectivity index (χ0) is 19.4. The van der Waals surface area contributed by atoms with Crippen molar-refractivity contribution in [1.82, 2.24) is 20.9 Å². The van der Waals surface area contributed by atoms with Crippen LogP contribution in [0.25, 0.3) is 0 Å². The summed E-state index contributed by atoms with van der Waals surface area (Å²) in [5.41, 5.74) is 1.01. The smallest absolute Gasteiger partial charge is 0.318 e. The highest BCUT2D eigenvalue weighted by Crippen LogP contribution is 2.33. The summed E-state index contributed by atoms with van der Waals surface area (Å²) >= 11 is 0. The van der Waals surface area contributed by atoms with Crippen LogP contribution in [-0.4, -0.2) is 47.9 Å². The lowest BCUT2D eigenvalue weighted by Crippen LogP contribution is -2.44. The fraction of sp³-hybridized carbons (Fsp3) is 0.550. The standard InChI is InChI=1S/C20H28N4O3/c1-13(2)22-19(26)15-8-16-11-24(12-18(25)23-17(16)9-15)20(27)21-10-14-6-4-3-5-7-14/h3-7,13,15-17H,8-12H2,1-2H3,(H,21,27)(H,22,26)(H,23,25)/t15-,16+,17+/m0/s1. The van der Waals surface area contributed by atoms with E-state index in [9.17, 15) is 14.4 Å². The van der Waals surface area contributed by atoms with Crippen molar-refractivity contribution in [2.75, 3.05) is 13.1 Å². The number of nitrogens with one attached hydrogen (secondary N) is 3. The average molecular weight is 372 g/mol. The van der Waals surface area contributed by atoms with Crippen LogP contribution >= 0.6 is 0 Å². The van der Waals surface area contributed by atoms with Crippen molar-refractivity contribution in [3.05, 3.63) is 35.9 Å². The van der Waals surface area contributed by atoms with Crippen LogP contribution in [-0.2, 0) is 16.1 Å². The molecule has 2 aliphatic rings. The summed E-state index contributed by atoms with van der Waals surface area (Å²) in [5.74, 6) is -0.147. The van der Waals surface area contributed by atoms with E-state index in [2.05, 4.69) is 16.0 Å². The van der Waals surface area contributed by atoms with Crippen LogP contribution in [0, 0.1) is 11.8 Å². The summed E-state index contributed by atoms with van der Waals surface area (Å²) in [7, 11) is 0. The van der Waals surface area contributed by atoms with Gasteiger partial charge in [0.2, 0.25) is 11.8 Å². The molecule has 1 saturated carbocycles. The van der Waals surface area contributed by atoms with Crippen LogP contribution in [0.5, 0.6) is 0 Å². The van der Waals surface area contributed by atoms with Crippen LogP contribution in [0.1, 0.15) is 32.3 Å². The Labute approximate surface area is 159 Å². The van der Waals surface area contributed by atoms with Gasteiger partial charge in [0.1, 0.15) is 6.54 Å². The molecule has 1 aliphatic heterocycles. The van der Waals surface area contributed by atoms with Crippen molar-refractivity contribution in [3.8, 4) is 0 Å². The molecule has 1 aliphatic carbocycles. The SMILES string of the molecule is CC(C)NC(=O)[C@H]1C[C@@H]2CN(C(=O)NCc3ccccc3)CC(=O)N[C@@H]2C1. The van der Waals surface area contributed by atoms with Gasteiger partial charge in [-0.15, -0.1) is 0 Å². The molecule has 1 heterocycles. The highest BCUT2D eigenvalue weighted by atomic mass is 16.2. The van der Waals surface area contributed by atoms with Gasteiger partial charge >= 0.3 is 6.03 Å². The van der Waals surface area contributed by atoms with E-state index in [0.717, 1.165) is 5.56 Å². The first-order valence-electron chi connectivity index (χ1n) is 9.59. The van der Waals surface area contributed by atoms with Gasteiger partial charge in [-0.1, -0.05) is 30.3 Å². The number of carbonyl (C=O) groups excluding carboxylic acids is 3. The number of amides is 4. The first-order valence-corrected chi connectivity index (χ1v) is 9.59. The quantitative estimate of drug-likeness (QED) is 0.743. The van der Waals surface area contributed by atoms with E-state index in [4.69, 9.17) is 0 Å². The molecule has 0 spiro atoms. The molecular weight excluding hydrogens is 344 g/mol. The van der Waals surface area contributed by atoms with Crippen LogP contribution < -0.4 is 16.0 Å². The van der Waals surface area contributed by atoms with Gasteiger partial charge in [0.05, 0.1) is 0 Å². The maximum absolute atomic E-state index is 12.6. The van der Waals surface area contributed by atoms with Crippen molar-refractivity contribution >= 4 is 17.8 Å². The second-order valence-corrected chi connectivity index (χ2v) is 7.79. The molecule has 7 nitrogen and oxygen atoms in total. The Hall–Kier alpha value is -2.57. The summed E-state index contributed by atoms with van der Waals surface area (Å²) in [6.45, 7) is 4.83. The van der Waals surface area contributed by atoms with Crippen LogP contribution in [0.2, 0.25) is 0 Å². The number of fused-ring (bicyclic) bond motifs is 1. The number of nitrogens with zero attached hydrogens (tertiary/aromatic N) is 1. The van der Waals surface area contributed by atoms with E-state index in [1.807, 2.05) is 44.2 Å². The van der Waals surface area contributed by atoms with Gasteiger partial charge in [0.15, 0.2) is 0 Å². The molecule has 1 aromatic carbocycles. The Morgan fingerprint density at radius 3 is 2.67 bits per heavy atom. The minimum Gasteiger partial charge on any atom is -0.354 e. The molecule has 0 radical (unpaired) electrons. The molecule has 3 N–H and O–H groups in total. The monoisotopic (exact) mass is 372 g/mol. The summed E-state index contributed by atoms with van der Waals surface area (Å²) in [6.07, 6.45) is 1.32. The number of benzene rings is 1. The number of carbonyl (C=O) groups is 3. The summed E-state index contributed by atoms with van der Waals surface area (Å²) in [4.78, 5) is 38.7. The van der Waals surface area contributed by atoms with E-state index in [0.29, 0.717) is 25.9 Å². The number of rotatable bonds is 4. The summed E-state index contributed by atoms with van der Waals surface area (Å²) in [5, 5.41) is 8.83. The third kappa shape index (κ3) is 4.99. The van der Waals surface area contributed by atoms with Crippen molar-refractivity contribution in [3.63, 3.8) is 0 Å². The molecule has 0 bridgehead atoms. The molecule has 7 heteroatoms. The van der Waals surface area contributed by atoms with Gasteiger partial charge in [-0.25, -0.2) is 4.79 Å². The topological polar surface area (TPSA) is 90.5 Å². The second kappa shape index (κ2) is 8.41. The van der Waals surface area contributed by atoms with Crippen LogP contribution in [0.3, 0.4) is 0 Å². The van der Waals surface area contributed by atoms with E-state index in [-0.39, 0.29) is 48.3 Å². The maximum atomic E-state index is 12.6. The maximum Gasteiger partial charge on any atom is 0.318 e. The third-order valence-corrected chi connectivity index (χ3v) is 5.21. The van der Waals surface area contributed by atoms with Gasteiger partial charge in [-0.3, -0.25) is 9.59 Å². The molecule has 146 valence electrons. The zero-order valence-corrected chi connectivity index (χ0v) is 15.9. The molecule has 27 heavy (non-hydrogen) atoms. The van der Waals surface area contributed by atoms with Gasteiger partial charge in [0, 0.05) is 31.1 Å². The number of hydrogen-bond acceptors (Lipinski definition) is 3. The lowest BCUT2D eigenvalue weighted by Gasteiger charge is -2.23. The molecule has 0 aromatic heterocycles. The Morgan fingerprint density at radius 1 is 1.22 bits per heavy atom. The normalized spacial score (nSPS) is 24.8. The minimum atomic E-state index is -0.246. The second-order valence-electron chi connectivity index (χ2n) is 7.79. The van der Waals surface area contributed by atoms with Gasteiger partial charge in [0.25, 0.3) is 0 Å². The predicted octanol–water partition coefficient (Wildman–Crippen LogP) is 1.25. The van der Waals surface area contributed by atoms with Crippen molar-refractivity contribution in [2.45, 2.75) is 45.3 Å². The Morgan fingerprint density at radius 2 is 1.96 bits per heavy atom. The zero-order valence-electron chi connectivity index (χ0n) is 15.9. The van der Waals surface area contributed by atoms with Gasteiger partial charge in [-0.05, 0) is 38.2 Å². The molecular formula is C20H28N4O3. The third-order valence-electron chi connectivity index (χ3n) is 5.21. The Kier molecular flexibility index (Phi) is 5.98. The van der Waals surface area contributed by atoms with Crippen molar-refractivity contribution < 1.29 is 14.4 Å². The van der Waals surface area contributed by atoms with E-state index in [1.54, 1.807) is 4.90 Å². The molecule has 3 rings (SSSR count).